The molecule has 1 aromatic heterocycles. The molecule has 0 saturated carbocycles. The van der Waals surface area contributed by atoms with E-state index in [1.807, 2.05) is 24.4 Å². The van der Waals surface area contributed by atoms with Crippen LogP contribution >= 0.6 is 0 Å². The number of para-hydroxylation sites is 1. The Hall–Kier alpha value is -1.81. The Labute approximate surface area is 144 Å². The molecule has 130 valence electrons. The minimum absolute atomic E-state index is 0.122. The zero-order valence-corrected chi connectivity index (χ0v) is 14.8. The number of carbonyl (C=O) groups is 1. The second-order valence-electron chi connectivity index (χ2n) is 7.27. The van der Waals surface area contributed by atoms with Crippen molar-refractivity contribution in [1.82, 2.24) is 15.2 Å². The van der Waals surface area contributed by atoms with Gasteiger partial charge in [0.1, 0.15) is 0 Å². The summed E-state index contributed by atoms with van der Waals surface area (Å²) in [4.78, 5) is 18.0. The highest BCUT2D eigenvalue weighted by Gasteiger charge is 2.21. The second kappa shape index (κ2) is 7.84. The monoisotopic (exact) mass is 327 g/mol. The Kier molecular flexibility index (Phi) is 5.56. The lowest BCUT2D eigenvalue weighted by atomic mass is 9.94. The van der Waals surface area contributed by atoms with Crippen molar-refractivity contribution in [3.05, 3.63) is 36.0 Å². The Morgan fingerprint density at radius 1 is 1.38 bits per heavy atom. The van der Waals surface area contributed by atoms with Gasteiger partial charge in [-0.05, 0) is 57.2 Å². The minimum Gasteiger partial charge on any atom is -0.361 e. The molecule has 1 aliphatic heterocycles. The van der Waals surface area contributed by atoms with Crippen molar-refractivity contribution in [2.45, 2.75) is 45.6 Å². The molecule has 1 aromatic carbocycles. The lowest BCUT2D eigenvalue weighted by Gasteiger charge is -2.35. The number of hydrogen-bond acceptors (Lipinski definition) is 2. The molecule has 24 heavy (non-hydrogen) atoms. The van der Waals surface area contributed by atoms with E-state index >= 15 is 0 Å². The van der Waals surface area contributed by atoms with Gasteiger partial charge in [-0.3, -0.25) is 4.79 Å². The maximum absolute atomic E-state index is 12.2. The fourth-order valence-electron chi connectivity index (χ4n) is 3.73. The van der Waals surface area contributed by atoms with Gasteiger partial charge in [-0.15, -0.1) is 0 Å². The molecule has 2 aromatic rings. The summed E-state index contributed by atoms with van der Waals surface area (Å²) < 4.78 is 0. The zero-order chi connectivity index (χ0) is 16.9. The maximum Gasteiger partial charge on any atom is 0.224 e. The van der Waals surface area contributed by atoms with Crippen molar-refractivity contribution in [1.29, 1.82) is 0 Å². The topological polar surface area (TPSA) is 48.1 Å². The number of fused-ring (bicyclic) bond motifs is 1. The van der Waals surface area contributed by atoms with Crippen LogP contribution < -0.4 is 5.32 Å². The number of nitrogens with one attached hydrogen (secondary N) is 2. The van der Waals surface area contributed by atoms with E-state index in [0.29, 0.717) is 12.5 Å². The maximum atomic E-state index is 12.2. The van der Waals surface area contributed by atoms with Crippen LogP contribution in [-0.4, -0.2) is 41.5 Å². The van der Waals surface area contributed by atoms with Gasteiger partial charge in [-0.1, -0.05) is 18.2 Å². The molecule has 0 radical (unpaired) electrons. The number of H-pyrrole nitrogens is 1. The first kappa shape index (κ1) is 17.0. The summed E-state index contributed by atoms with van der Waals surface area (Å²) in [6.45, 7) is 7.73. The summed E-state index contributed by atoms with van der Waals surface area (Å²) in [5, 5.41) is 4.25. The number of piperidine rings is 1. The van der Waals surface area contributed by atoms with Gasteiger partial charge < -0.3 is 15.2 Å². The predicted molar refractivity (Wildman–Crippen MR) is 99.1 cm³/mol. The van der Waals surface area contributed by atoms with Crippen LogP contribution in [-0.2, 0) is 11.2 Å². The van der Waals surface area contributed by atoms with Gasteiger partial charge in [0.25, 0.3) is 0 Å². The fourth-order valence-corrected chi connectivity index (χ4v) is 3.73. The molecule has 1 atom stereocenters. The number of rotatable bonds is 6. The van der Waals surface area contributed by atoms with Gasteiger partial charge in [-0.2, -0.15) is 0 Å². The van der Waals surface area contributed by atoms with Crippen molar-refractivity contribution in [2.75, 3.05) is 19.6 Å². The number of carbonyl (C=O) groups excluding carboxylic acids is 1. The average molecular weight is 327 g/mol. The van der Waals surface area contributed by atoms with Crippen LogP contribution in [0.2, 0.25) is 0 Å². The predicted octanol–water partition coefficient (Wildman–Crippen LogP) is 3.34. The Bertz CT molecular complexity index is 676. The molecule has 1 unspecified atom stereocenters. The van der Waals surface area contributed by atoms with E-state index in [9.17, 15) is 4.79 Å². The van der Waals surface area contributed by atoms with Crippen molar-refractivity contribution >= 4 is 16.8 Å². The molecule has 2 N–H and O–H groups in total. The van der Waals surface area contributed by atoms with Gasteiger partial charge in [-0.25, -0.2) is 0 Å². The van der Waals surface area contributed by atoms with Gasteiger partial charge in [0, 0.05) is 36.2 Å². The summed E-state index contributed by atoms with van der Waals surface area (Å²) in [5.41, 5.74) is 2.17. The highest BCUT2D eigenvalue weighted by atomic mass is 16.1. The normalized spacial score (nSPS) is 19.0. The highest BCUT2D eigenvalue weighted by molar-refractivity contribution is 5.88. The third kappa shape index (κ3) is 4.18. The standard InChI is InChI=1S/C20H29N3O/c1-15(2)23-11-5-6-16(14-23)9-10-21-20(24)12-17-13-22-19-8-4-3-7-18(17)19/h3-4,7-8,13,15-16,22H,5-6,9-12,14H2,1-2H3,(H,21,24). The third-order valence-corrected chi connectivity index (χ3v) is 5.18. The Morgan fingerprint density at radius 2 is 2.21 bits per heavy atom. The van der Waals surface area contributed by atoms with Gasteiger partial charge >= 0.3 is 0 Å². The molecule has 2 heterocycles. The smallest absolute Gasteiger partial charge is 0.224 e. The van der Waals surface area contributed by atoms with E-state index in [2.05, 4.69) is 35.1 Å². The van der Waals surface area contributed by atoms with Gasteiger partial charge in [0.05, 0.1) is 6.42 Å². The molecule has 0 bridgehead atoms. The number of aromatic amines is 1. The molecular formula is C20H29N3O. The Morgan fingerprint density at radius 3 is 3.04 bits per heavy atom. The van der Waals surface area contributed by atoms with Crippen LogP contribution in [0.15, 0.2) is 30.5 Å². The molecule has 0 spiro atoms. The average Bonchev–Trinajstić information content (AvgIpc) is 2.98. The molecule has 1 amide bonds. The SMILES string of the molecule is CC(C)N1CCCC(CCNC(=O)Cc2c[nH]c3ccccc23)C1. The number of nitrogens with zero attached hydrogens (tertiary/aromatic N) is 1. The molecule has 1 aliphatic rings. The van der Waals surface area contributed by atoms with Gasteiger partial charge in [0.15, 0.2) is 0 Å². The number of benzene rings is 1. The molecule has 3 rings (SSSR count). The summed E-state index contributed by atoms with van der Waals surface area (Å²) in [5.74, 6) is 0.839. The number of amides is 1. The molecule has 4 nitrogen and oxygen atoms in total. The summed E-state index contributed by atoms with van der Waals surface area (Å²) >= 11 is 0. The van der Waals surface area contributed by atoms with E-state index in [0.717, 1.165) is 35.3 Å². The van der Waals surface area contributed by atoms with E-state index in [1.54, 1.807) is 0 Å². The van der Waals surface area contributed by atoms with Crippen LogP contribution in [0.1, 0.15) is 38.7 Å². The van der Waals surface area contributed by atoms with Crippen LogP contribution in [0.5, 0.6) is 0 Å². The summed E-state index contributed by atoms with van der Waals surface area (Å²) in [6, 6.07) is 8.76. The number of aromatic nitrogens is 1. The molecular weight excluding hydrogens is 298 g/mol. The van der Waals surface area contributed by atoms with E-state index in [4.69, 9.17) is 0 Å². The number of hydrogen-bond donors (Lipinski definition) is 2. The summed E-state index contributed by atoms with van der Waals surface area (Å²) in [7, 11) is 0. The van der Waals surface area contributed by atoms with Crippen LogP contribution in [0.4, 0.5) is 0 Å². The zero-order valence-electron chi connectivity index (χ0n) is 14.8. The molecule has 1 saturated heterocycles. The largest absolute Gasteiger partial charge is 0.361 e. The van der Waals surface area contributed by atoms with Crippen molar-refractivity contribution < 1.29 is 4.79 Å². The van der Waals surface area contributed by atoms with Crippen LogP contribution in [0, 0.1) is 5.92 Å². The van der Waals surface area contributed by atoms with Crippen LogP contribution in [0.3, 0.4) is 0 Å². The molecule has 1 fully saturated rings. The van der Waals surface area contributed by atoms with Crippen molar-refractivity contribution in [2.24, 2.45) is 5.92 Å². The van der Waals surface area contributed by atoms with E-state index < -0.39 is 0 Å². The minimum atomic E-state index is 0.122. The lowest BCUT2D eigenvalue weighted by Crippen LogP contribution is -2.41. The fraction of sp³-hybridized carbons (Fsp3) is 0.550. The quantitative estimate of drug-likeness (QED) is 0.855. The highest BCUT2D eigenvalue weighted by Crippen LogP contribution is 2.21. The third-order valence-electron chi connectivity index (χ3n) is 5.18. The van der Waals surface area contributed by atoms with E-state index in [-0.39, 0.29) is 5.91 Å². The van der Waals surface area contributed by atoms with Crippen molar-refractivity contribution in [3.63, 3.8) is 0 Å². The number of likely N-dealkylation sites (tertiary alicyclic amines) is 1. The first-order valence-corrected chi connectivity index (χ1v) is 9.19. The van der Waals surface area contributed by atoms with Crippen molar-refractivity contribution in [3.8, 4) is 0 Å². The summed E-state index contributed by atoms with van der Waals surface area (Å²) in [6.07, 6.45) is 6.06. The molecule has 4 heteroatoms. The first-order valence-electron chi connectivity index (χ1n) is 9.19. The van der Waals surface area contributed by atoms with Crippen LogP contribution in [0.25, 0.3) is 10.9 Å². The van der Waals surface area contributed by atoms with Gasteiger partial charge in [0.2, 0.25) is 5.91 Å². The van der Waals surface area contributed by atoms with E-state index in [1.165, 1.54) is 25.9 Å². The Balaban J connectivity index is 1.44. The molecule has 0 aliphatic carbocycles. The second-order valence-corrected chi connectivity index (χ2v) is 7.27. The lowest BCUT2D eigenvalue weighted by molar-refractivity contribution is -0.120. The first-order chi connectivity index (χ1) is 11.6.